The summed E-state index contributed by atoms with van der Waals surface area (Å²) < 4.78 is 16.1. The number of hydrogen-bond acceptors (Lipinski definition) is 6. The van der Waals surface area contributed by atoms with Crippen molar-refractivity contribution in [2.24, 2.45) is 10.9 Å². The number of halogens is 1. The molecule has 1 aliphatic heterocycles. The summed E-state index contributed by atoms with van der Waals surface area (Å²) in [4.78, 5) is 23.9. The Morgan fingerprint density at radius 1 is 1.29 bits per heavy atom. The van der Waals surface area contributed by atoms with Gasteiger partial charge in [0.1, 0.15) is 0 Å². The molecule has 1 aliphatic rings. The van der Waals surface area contributed by atoms with E-state index in [4.69, 9.17) is 4.98 Å². The third kappa shape index (κ3) is 5.58. The number of rotatable bonds is 7. The zero-order valence-electron chi connectivity index (χ0n) is 20.8. The van der Waals surface area contributed by atoms with E-state index >= 15 is 0 Å². The molecule has 3 aromatic heterocycles. The molecule has 4 heterocycles. The summed E-state index contributed by atoms with van der Waals surface area (Å²) in [5, 5.41) is 9.82. The summed E-state index contributed by atoms with van der Waals surface area (Å²) in [6, 6.07) is 3.72. The van der Waals surface area contributed by atoms with Crippen LogP contribution in [0.1, 0.15) is 68.3 Å². The van der Waals surface area contributed by atoms with Gasteiger partial charge in [-0.3, -0.25) is 9.79 Å². The average Bonchev–Trinajstić information content (AvgIpc) is 3.30. The van der Waals surface area contributed by atoms with Crippen LogP contribution in [0.25, 0.3) is 16.8 Å². The Balaban J connectivity index is 0.000000512. The monoisotopic (exact) mass is 471 g/mol. The molecule has 0 saturated carbocycles. The molecule has 9 heteroatoms. The van der Waals surface area contributed by atoms with Gasteiger partial charge in [-0.15, -0.1) is 5.10 Å². The molecule has 186 valence electrons. The van der Waals surface area contributed by atoms with Gasteiger partial charge in [0.25, 0.3) is 0 Å². The normalized spacial score (nSPS) is 14.5. The van der Waals surface area contributed by atoms with Gasteiger partial charge in [0.05, 0.1) is 40.5 Å². The van der Waals surface area contributed by atoms with Gasteiger partial charge in [-0.25, -0.2) is 18.9 Å². The van der Waals surface area contributed by atoms with Crippen LogP contribution in [0.2, 0.25) is 0 Å². The topological polar surface area (TPSA) is 96.6 Å². The van der Waals surface area contributed by atoms with E-state index in [0.717, 1.165) is 30.1 Å². The maximum Gasteiger partial charge on any atom is 0.240 e. The Morgan fingerprint density at radius 2 is 2.06 bits per heavy atom. The summed E-state index contributed by atoms with van der Waals surface area (Å²) in [5.41, 5.74) is 4.42. The summed E-state index contributed by atoms with van der Waals surface area (Å²) >= 11 is 0. The number of pyridine rings is 1. The summed E-state index contributed by atoms with van der Waals surface area (Å²) in [6.07, 6.45) is 6.48. The number of anilines is 1. The number of fused-ring (bicyclic) bond motifs is 2. The Labute approximate surface area is 203 Å². The van der Waals surface area contributed by atoms with Crippen molar-refractivity contribution in [1.29, 1.82) is 0 Å². The van der Waals surface area contributed by atoms with Crippen LogP contribution in [0.4, 0.5) is 16.0 Å². The molecule has 1 atom stereocenters. The lowest BCUT2D eigenvalue weighted by atomic mass is 9.89. The van der Waals surface area contributed by atoms with E-state index in [1.165, 1.54) is 23.6 Å². The fourth-order valence-electron chi connectivity index (χ4n) is 4.13. The van der Waals surface area contributed by atoms with E-state index in [0.29, 0.717) is 28.6 Å². The van der Waals surface area contributed by atoms with Crippen LogP contribution in [-0.2, 0) is 4.79 Å². The standard InChI is InChI=1S/C18H19FN6.C7H15NO.2H2/c1-9(2)15-10(3)22-13-6-5-12(23-17(13)15)16-11(19)8-25-14(16)7-21-18(20-4)24-25;1-3-4-5-6-8-7(2)9;;/h5-9,15H,1-4H3,(H,20,24);3-6H2,1-2H3,(H,8,9);2*1H. The van der Waals surface area contributed by atoms with Gasteiger partial charge in [-0.1, -0.05) is 33.6 Å². The predicted octanol–water partition coefficient (Wildman–Crippen LogP) is 5.62. The van der Waals surface area contributed by atoms with Gasteiger partial charge in [-0.05, 0) is 31.4 Å². The van der Waals surface area contributed by atoms with Crippen molar-refractivity contribution in [2.75, 3.05) is 18.9 Å². The minimum atomic E-state index is -0.369. The van der Waals surface area contributed by atoms with Crippen molar-refractivity contribution < 1.29 is 12.0 Å². The second-order valence-corrected chi connectivity index (χ2v) is 8.78. The van der Waals surface area contributed by atoms with Crippen LogP contribution in [0, 0.1) is 11.7 Å². The maximum atomic E-state index is 14.6. The number of aromatic nitrogens is 4. The van der Waals surface area contributed by atoms with Gasteiger partial charge in [0, 0.05) is 35.0 Å². The van der Waals surface area contributed by atoms with Crippen LogP contribution in [0.15, 0.2) is 29.5 Å². The van der Waals surface area contributed by atoms with Gasteiger partial charge >= 0.3 is 0 Å². The van der Waals surface area contributed by atoms with E-state index in [-0.39, 0.29) is 20.5 Å². The molecule has 0 fully saturated rings. The molecular formula is C25H38FN7O. The SMILES string of the molecule is CCCCCNC(C)=O.CNc1ncc2c(-c3ccc4c(n3)C(C(C)C)C(C)=N4)c(F)cn2n1.[HH].[HH]. The smallest absolute Gasteiger partial charge is 0.240 e. The molecule has 2 N–H and O–H groups in total. The summed E-state index contributed by atoms with van der Waals surface area (Å²) in [6.45, 7) is 10.8. The van der Waals surface area contributed by atoms with Crippen molar-refractivity contribution in [3.63, 3.8) is 0 Å². The molecule has 0 spiro atoms. The molecule has 0 aliphatic carbocycles. The highest BCUT2D eigenvalue weighted by Gasteiger charge is 2.29. The molecule has 34 heavy (non-hydrogen) atoms. The van der Waals surface area contributed by atoms with Crippen molar-refractivity contribution in [2.45, 2.75) is 59.8 Å². The molecule has 0 saturated heterocycles. The maximum absolute atomic E-state index is 14.6. The largest absolute Gasteiger partial charge is 0.356 e. The lowest BCUT2D eigenvalue weighted by Gasteiger charge is -2.16. The lowest BCUT2D eigenvalue weighted by Crippen LogP contribution is -2.20. The minimum Gasteiger partial charge on any atom is -0.356 e. The number of carbonyl (C=O) groups excluding carboxylic acids is 1. The Morgan fingerprint density at radius 3 is 2.71 bits per heavy atom. The molecule has 1 unspecified atom stereocenters. The van der Waals surface area contributed by atoms with Gasteiger partial charge < -0.3 is 10.6 Å². The second-order valence-electron chi connectivity index (χ2n) is 8.78. The first kappa shape index (κ1) is 25.3. The van der Waals surface area contributed by atoms with Crippen LogP contribution in [0.5, 0.6) is 0 Å². The van der Waals surface area contributed by atoms with Crippen molar-refractivity contribution >= 4 is 28.8 Å². The number of amides is 1. The van der Waals surface area contributed by atoms with Gasteiger partial charge in [-0.2, -0.15) is 0 Å². The first-order valence-corrected chi connectivity index (χ1v) is 11.8. The number of hydrogen-bond donors (Lipinski definition) is 2. The van der Waals surface area contributed by atoms with Gasteiger partial charge in [0.2, 0.25) is 11.9 Å². The molecule has 0 bridgehead atoms. The third-order valence-corrected chi connectivity index (χ3v) is 5.73. The Hall–Kier alpha value is -3.36. The predicted molar refractivity (Wildman–Crippen MR) is 139 cm³/mol. The number of nitrogens with zero attached hydrogens (tertiary/aromatic N) is 5. The zero-order chi connectivity index (χ0) is 24.8. The molecular weight excluding hydrogens is 433 g/mol. The van der Waals surface area contributed by atoms with Crippen LogP contribution >= 0.6 is 0 Å². The van der Waals surface area contributed by atoms with Crippen LogP contribution < -0.4 is 10.6 Å². The third-order valence-electron chi connectivity index (χ3n) is 5.73. The highest BCUT2D eigenvalue weighted by atomic mass is 19.1. The summed E-state index contributed by atoms with van der Waals surface area (Å²) in [5.74, 6) is 0.682. The Kier molecular flexibility index (Phi) is 8.31. The lowest BCUT2D eigenvalue weighted by molar-refractivity contribution is -0.118. The molecule has 0 radical (unpaired) electrons. The van der Waals surface area contributed by atoms with Crippen LogP contribution in [0.3, 0.4) is 0 Å². The minimum absolute atomic E-state index is 0. The molecule has 0 aromatic carbocycles. The highest BCUT2D eigenvalue weighted by Crippen LogP contribution is 2.40. The fourth-order valence-corrected chi connectivity index (χ4v) is 4.13. The zero-order valence-corrected chi connectivity index (χ0v) is 20.8. The van der Waals surface area contributed by atoms with E-state index in [1.54, 1.807) is 20.2 Å². The van der Waals surface area contributed by atoms with E-state index in [9.17, 15) is 9.18 Å². The average molecular weight is 472 g/mol. The van der Waals surface area contributed by atoms with E-state index < -0.39 is 0 Å². The quantitative estimate of drug-likeness (QED) is 0.436. The number of nitrogens with one attached hydrogen (secondary N) is 2. The van der Waals surface area contributed by atoms with E-state index in [1.807, 2.05) is 19.1 Å². The first-order valence-electron chi connectivity index (χ1n) is 11.8. The molecule has 3 aromatic rings. The van der Waals surface area contributed by atoms with Crippen molar-refractivity contribution in [3.05, 3.63) is 36.0 Å². The first-order chi connectivity index (χ1) is 16.3. The summed E-state index contributed by atoms with van der Waals surface area (Å²) in [7, 11) is 1.72. The van der Waals surface area contributed by atoms with Gasteiger partial charge in [0.15, 0.2) is 5.82 Å². The number of aliphatic imine (C=N–C) groups is 1. The molecule has 1 amide bonds. The molecule has 4 rings (SSSR count). The molecule has 8 nitrogen and oxygen atoms in total. The van der Waals surface area contributed by atoms with E-state index in [2.05, 4.69) is 46.5 Å². The number of carbonyl (C=O) groups is 1. The second kappa shape index (κ2) is 11.2. The highest BCUT2D eigenvalue weighted by molar-refractivity contribution is 5.96. The fraction of sp³-hybridized carbons (Fsp3) is 0.480. The van der Waals surface area contributed by atoms with Crippen molar-refractivity contribution in [1.82, 2.24) is 24.9 Å². The van der Waals surface area contributed by atoms with Crippen molar-refractivity contribution in [3.8, 4) is 11.3 Å². The number of unbranched alkanes of at least 4 members (excludes halogenated alkanes) is 2. The Bertz CT molecular complexity index is 1200. The van der Waals surface area contributed by atoms with Crippen LogP contribution in [-0.4, -0.2) is 44.8 Å².